The molecule has 1 fully saturated rings. The average molecular weight is 623 g/mol. The molecule has 0 radical (unpaired) electrons. The minimum atomic E-state index is -4.87. The highest BCUT2D eigenvalue weighted by molar-refractivity contribution is 6.13. The number of fused-ring (bicyclic) bond motifs is 1. The Morgan fingerprint density at radius 1 is 1.00 bits per heavy atom. The summed E-state index contributed by atoms with van der Waals surface area (Å²) in [7, 11) is 0. The fraction of sp³-hybridized carbons (Fsp3) is 0.226. The fourth-order valence-corrected chi connectivity index (χ4v) is 5.04. The van der Waals surface area contributed by atoms with Gasteiger partial charge in [0.2, 0.25) is 11.4 Å². The molecular formula is C31H25F3N4O7. The average Bonchev–Trinajstić information content (AvgIpc) is 3.00. The van der Waals surface area contributed by atoms with Gasteiger partial charge in [0.1, 0.15) is 18.2 Å². The molecule has 0 aliphatic carbocycles. The number of nitrogens with one attached hydrogen (secondary N) is 2. The van der Waals surface area contributed by atoms with Gasteiger partial charge in [0.25, 0.3) is 17.4 Å². The number of nitrogens with zero attached hydrogens (tertiary/aromatic N) is 2. The van der Waals surface area contributed by atoms with Crippen molar-refractivity contribution in [2.24, 2.45) is 0 Å². The Bertz CT molecular complexity index is 1860. The first-order valence-electron chi connectivity index (χ1n) is 13.6. The summed E-state index contributed by atoms with van der Waals surface area (Å²) in [6, 6.07) is 17.6. The third-order valence-corrected chi connectivity index (χ3v) is 7.18. The molecule has 1 aliphatic rings. The minimum absolute atomic E-state index is 0.0286. The molecule has 11 nitrogen and oxygen atoms in total. The highest BCUT2D eigenvalue weighted by Gasteiger charge is 2.54. The van der Waals surface area contributed by atoms with Gasteiger partial charge in [-0.25, -0.2) is 9.78 Å². The van der Waals surface area contributed by atoms with Gasteiger partial charge in [0.05, 0.1) is 10.9 Å². The smallest absolute Gasteiger partial charge is 0.459 e. The van der Waals surface area contributed by atoms with Crippen molar-refractivity contribution in [3.8, 4) is 5.75 Å². The van der Waals surface area contributed by atoms with E-state index in [-0.39, 0.29) is 48.3 Å². The zero-order valence-electron chi connectivity index (χ0n) is 23.6. The van der Waals surface area contributed by atoms with Crippen molar-refractivity contribution >= 4 is 34.6 Å². The Hall–Kier alpha value is -5.53. The Morgan fingerprint density at radius 3 is 2.38 bits per heavy atom. The molecule has 3 amide bonds. The van der Waals surface area contributed by atoms with E-state index in [0.717, 1.165) is 16.7 Å². The van der Waals surface area contributed by atoms with E-state index in [0.29, 0.717) is 11.1 Å². The molecule has 45 heavy (non-hydrogen) atoms. The number of piperidine rings is 1. The Morgan fingerprint density at radius 2 is 1.71 bits per heavy atom. The van der Waals surface area contributed by atoms with Crippen LogP contribution in [0.1, 0.15) is 40.2 Å². The number of esters is 1. The summed E-state index contributed by atoms with van der Waals surface area (Å²) in [5, 5.41) is 4.80. The molecule has 0 unspecified atom stereocenters. The van der Waals surface area contributed by atoms with E-state index < -0.39 is 46.9 Å². The van der Waals surface area contributed by atoms with Crippen LogP contribution in [0.2, 0.25) is 0 Å². The van der Waals surface area contributed by atoms with Crippen LogP contribution in [0.5, 0.6) is 5.75 Å². The van der Waals surface area contributed by atoms with E-state index in [2.05, 4.69) is 20.4 Å². The lowest BCUT2D eigenvalue weighted by atomic mass is 9.87. The van der Waals surface area contributed by atoms with Gasteiger partial charge in [-0.05, 0) is 60.9 Å². The van der Waals surface area contributed by atoms with Crippen LogP contribution in [-0.4, -0.2) is 39.6 Å². The summed E-state index contributed by atoms with van der Waals surface area (Å²) < 4.78 is 47.5. The lowest BCUT2D eigenvalue weighted by Crippen LogP contribution is -2.62. The number of aromatic nitrogens is 2. The summed E-state index contributed by atoms with van der Waals surface area (Å²) in [4.78, 5) is 70.1. The van der Waals surface area contributed by atoms with E-state index in [1.807, 2.05) is 0 Å². The third-order valence-electron chi connectivity index (χ3n) is 7.18. The third kappa shape index (κ3) is 6.54. The predicted molar refractivity (Wildman–Crippen MR) is 152 cm³/mol. The van der Waals surface area contributed by atoms with Crippen LogP contribution in [-0.2, 0) is 37.8 Å². The predicted octanol–water partition coefficient (Wildman–Crippen LogP) is 3.41. The van der Waals surface area contributed by atoms with E-state index >= 15 is 0 Å². The van der Waals surface area contributed by atoms with Crippen molar-refractivity contribution in [1.82, 2.24) is 20.2 Å². The maximum absolute atomic E-state index is 14.0. The molecule has 1 saturated heterocycles. The van der Waals surface area contributed by atoms with Crippen molar-refractivity contribution in [2.75, 3.05) is 0 Å². The number of hydrogen-bond acceptors (Lipinski definition) is 8. The second kappa shape index (κ2) is 12.2. The highest BCUT2D eigenvalue weighted by Crippen LogP contribution is 2.30. The second-order valence-electron chi connectivity index (χ2n) is 10.2. The summed E-state index contributed by atoms with van der Waals surface area (Å²) in [6.45, 7) is 1.19. The standard InChI is InChI=1S/C31H25F3N4O7/c1-18-36-24-12-7-20(16-35-26(40)21-8-10-22(11-9-21)45-31(32,33)34)15-23(24)27(41)38(18)30(14-13-25(39)37-28(30)42)29(43)44-17-19-5-3-2-4-6-19/h2-12,15H,13-14,16-17H2,1H3,(H,35,40)(H,37,39,42)/t30-/m1/s1. The Balaban J connectivity index is 1.43. The summed E-state index contributed by atoms with van der Waals surface area (Å²) in [5.74, 6) is -3.70. The lowest BCUT2D eigenvalue weighted by molar-refractivity contribution is -0.274. The molecule has 1 aliphatic heterocycles. The van der Waals surface area contributed by atoms with Gasteiger partial charge >= 0.3 is 12.3 Å². The molecule has 5 rings (SSSR count). The van der Waals surface area contributed by atoms with Gasteiger partial charge < -0.3 is 14.8 Å². The minimum Gasteiger partial charge on any atom is -0.459 e. The van der Waals surface area contributed by atoms with Gasteiger partial charge in [-0.1, -0.05) is 36.4 Å². The highest BCUT2D eigenvalue weighted by atomic mass is 19.4. The van der Waals surface area contributed by atoms with Gasteiger partial charge in [-0.3, -0.25) is 29.1 Å². The molecule has 0 saturated carbocycles. The number of imide groups is 1. The number of ether oxygens (including phenoxy) is 2. The molecular weight excluding hydrogens is 597 g/mol. The Kier molecular flexibility index (Phi) is 8.40. The first-order chi connectivity index (χ1) is 21.4. The van der Waals surface area contributed by atoms with E-state index in [9.17, 15) is 37.1 Å². The van der Waals surface area contributed by atoms with Crippen LogP contribution in [0.4, 0.5) is 13.2 Å². The van der Waals surface area contributed by atoms with Crippen molar-refractivity contribution in [3.63, 3.8) is 0 Å². The maximum atomic E-state index is 14.0. The van der Waals surface area contributed by atoms with Crippen LogP contribution in [0.25, 0.3) is 10.9 Å². The molecule has 1 aromatic heterocycles. The quantitative estimate of drug-likeness (QED) is 0.173. The number of carbonyl (C=O) groups is 4. The summed E-state index contributed by atoms with van der Waals surface area (Å²) in [6.07, 6.45) is -5.43. The van der Waals surface area contributed by atoms with Crippen LogP contribution in [0.3, 0.4) is 0 Å². The van der Waals surface area contributed by atoms with Crippen LogP contribution >= 0.6 is 0 Å². The molecule has 2 heterocycles. The van der Waals surface area contributed by atoms with E-state index in [1.54, 1.807) is 36.4 Å². The van der Waals surface area contributed by atoms with Crippen LogP contribution < -0.4 is 20.9 Å². The Labute approximate surface area is 253 Å². The van der Waals surface area contributed by atoms with Crippen molar-refractivity contribution in [3.05, 3.63) is 106 Å². The number of benzene rings is 3. The van der Waals surface area contributed by atoms with Crippen molar-refractivity contribution < 1.29 is 41.8 Å². The molecule has 3 aromatic carbocycles. The van der Waals surface area contributed by atoms with Gasteiger partial charge in [-0.15, -0.1) is 13.2 Å². The first kappa shape index (κ1) is 30.9. The van der Waals surface area contributed by atoms with Gasteiger partial charge in [-0.2, -0.15) is 0 Å². The van der Waals surface area contributed by atoms with Crippen molar-refractivity contribution in [2.45, 2.75) is 44.8 Å². The normalized spacial score (nSPS) is 16.6. The monoisotopic (exact) mass is 622 g/mol. The maximum Gasteiger partial charge on any atom is 0.573 e. The second-order valence-corrected chi connectivity index (χ2v) is 10.2. The topological polar surface area (TPSA) is 146 Å². The number of aryl methyl sites for hydroxylation is 1. The van der Waals surface area contributed by atoms with Crippen molar-refractivity contribution in [1.29, 1.82) is 0 Å². The lowest BCUT2D eigenvalue weighted by Gasteiger charge is -2.35. The molecule has 4 aromatic rings. The first-order valence-corrected chi connectivity index (χ1v) is 13.6. The fourth-order valence-electron chi connectivity index (χ4n) is 5.04. The summed E-state index contributed by atoms with van der Waals surface area (Å²) >= 11 is 0. The van der Waals surface area contributed by atoms with E-state index in [1.165, 1.54) is 31.2 Å². The zero-order valence-corrected chi connectivity index (χ0v) is 23.6. The number of halogens is 3. The van der Waals surface area contributed by atoms with Crippen LogP contribution in [0, 0.1) is 6.92 Å². The molecule has 14 heteroatoms. The summed E-state index contributed by atoms with van der Waals surface area (Å²) in [5.41, 5.74) is -1.54. The number of amides is 3. The number of carbonyl (C=O) groups excluding carboxylic acids is 4. The molecule has 232 valence electrons. The largest absolute Gasteiger partial charge is 0.573 e. The molecule has 2 N–H and O–H groups in total. The molecule has 1 atom stereocenters. The SMILES string of the molecule is Cc1nc2ccc(CNC(=O)c3ccc(OC(F)(F)F)cc3)cc2c(=O)n1[C@]1(C(=O)OCc2ccccc2)CCC(=O)NC1=O. The van der Waals surface area contributed by atoms with Gasteiger partial charge in [0.15, 0.2) is 0 Å². The number of hydrogen-bond donors (Lipinski definition) is 2. The molecule has 0 spiro atoms. The number of alkyl halides is 3. The van der Waals surface area contributed by atoms with E-state index in [4.69, 9.17) is 4.74 Å². The van der Waals surface area contributed by atoms with Gasteiger partial charge in [0, 0.05) is 18.5 Å². The van der Waals surface area contributed by atoms with Crippen LogP contribution in [0.15, 0.2) is 77.6 Å². The number of rotatable bonds is 8. The molecule has 0 bridgehead atoms. The zero-order chi connectivity index (χ0) is 32.4.